The van der Waals surface area contributed by atoms with Gasteiger partial charge in [-0.3, -0.25) is 4.55 Å². The maximum Gasteiger partial charge on any atom is 0.397 e. The Labute approximate surface area is 207 Å². The van der Waals surface area contributed by atoms with Crippen LogP contribution in [0.2, 0.25) is 0 Å². The van der Waals surface area contributed by atoms with Crippen molar-refractivity contribution < 1.29 is 27.4 Å². The van der Waals surface area contributed by atoms with Gasteiger partial charge in [-0.1, -0.05) is 34.6 Å². The summed E-state index contributed by atoms with van der Waals surface area (Å²) < 4.78 is 36.7. The maximum atomic E-state index is 11.4. The van der Waals surface area contributed by atoms with Crippen LogP contribution >= 0.6 is 0 Å². The average Bonchev–Trinajstić information content (AvgIpc) is 3.08. The molecule has 11 atom stereocenters. The summed E-state index contributed by atoms with van der Waals surface area (Å²) >= 11 is 0. The van der Waals surface area contributed by atoms with Crippen molar-refractivity contribution in [1.82, 2.24) is 0 Å². The summed E-state index contributed by atoms with van der Waals surface area (Å²) in [4.78, 5) is 0. The molecule has 4 saturated carbocycles. The monoisotopic (exact) mass is 500 g/mol. The number of rotatable bonds is 7. The zero-order chi connectivity index (χ0) is 25.1. The fourth-order valence-corrected chi connectivity index (χ4v) is 10.1. The summed E-state index contributed by atoms with van der Waals surface area (Å²) in [6.45, 7) is 11.1. The smallest absolute Gasteiger partial charge is 0.393 e. The molecule has 4 aliphatic carbocycles. The van der Waals surface area contributed by atoms with Gasteiger partial charge in [0.05, 0.1) is 18.3 Å². The molecule has 5 unspecified atom stereocenters. The van der Waals surface area contributed by atoms with Gasteiger partial charge in [0.15, 0.2) is 0 Å². The third-order valence-corrected chi connectivity index (χ3v) is 11.8. The van der Waals surface area contributed by atoms with Crippen LogP contribution in [-0.4, -0.2) is 41.5 Å². The van der Waals surface area contributed by atoms with Gasteiger partial charge in [-0.15, -0.1) is 0 Å². The minimum atomic E-state index is -4.45. The first-order chi connectivity index (χ1) is 15.8. The van der Waals surface area contributed by atoms with E-state index in [-0.39, 0.29) is 29.0 Å². The van der Waals surface area contributed by atoms with E-state index >= 15 is 0 Å². The first-order valence-corrected chi connectivity index (χ1v) is 15.1. The van der Waals surface area contributed by atoms with Crippen LogP contribution < -0.4 is 0 Å². The third kappa shape index (κ3) is 4.85. The third-order valence-electron chi connectivity index (χ3n) is 11.3. The molecule has 4 rings (SSSR count). The van der Waals surface area contributed by atoms with E-state index in [0.29, 0.717) is 41.9 Å². The van der Waals surface area contributed by atoms with Crippen LogP contribution in [0, 0.1) is 52.3 Å². The number of aliphatic hydroxyl groups is 2. The molecule has 3 N–H and O–H groups in total. The van der Waals surface area contributed by atoms with Crippen molar-refractivity contribution >= 4 is 10.4 Å². The van der Waals surface area contributed by atoms with Crippen molar-refractivity contribution in [3.05, 3.63) is 0 Å². The Kier molecular flexibility index (Phi) is 7.57. The Balaban J connectivity index is 1.47. The molecule has 0 amide bonds. The van der Waals surface area contributed by atoms with Crippen LogP contribution in [0.25, 0.3) is 0 Å². The lowest BCUT2D eigenvalue weighted by Crippen LogP contribution is -2.58. The molecular formula is C27H48O6S. The van der Waals surface area contributed by atoms with Gasteiger partial charge in [0, 0.05) is 0 Å². The molecule has 0 heterocycles. The normalized spacial score (nSPS) is 46.4. The second kappa shape index (κ2) is 9.59. The maximum absolute atomic E-state index is 11.4. The number of hydrogen-bond acceptors (Lipinski definition) is 5. The highest BCUT2D eigenvalue weighted by molar-refractivity contribution is 7.80. The predicted octanol–water partition coefficient (Wildman–Crippen LogP) is 5.24. The molecule has 0 saturated heterocycles. The molecule has 198 valence electrons. The lowest BCUT2D eigenvalue weighted by Gasteiger charge is -2.62. The summed E-state index contributed by atoms with van der Waals surface area (Å²) in [5, 5.41) is 21.7. The Bertz CT molecular complexity index is 829. The topological polar surface area (TPSA) is 104 Å². The van der Waals surface area contributed by atoms with Crippen LogP contribution in [-0.2, 0) is 14.6 Å². The van der Waals surface area contributed by atoms with Crippen LogP contribution in [0.4, 0.5) is 0 Å². The fourth-order valence-electron chi connectivity index (χ4n) is 9.45. The molecule has 34 heavy (non-hydrogen) atoms. The zero-order valence-corrected chi connectivity index (χ0v) is 22.6. The highest BCUT2D eigenvalue weighted by atomic mass is 32.3. The minimum Gasteiger partial charge on any atom is -0.393 e. The van der Waals surface area contributed by atoms with Gasteiger partial charge in [-0.25, -0.2) is 4.18 Å². The van der Waals surface area contributed by atoms with Crippen LogP contribution in [0.15, 0.2) is 0 Å². The van der Waals surface area contributed by atoms with E-state index in [1.54, 1.807) is 0 Å². The van der Waals surface area contributed by atoms with Gasteiger partial charge < -0.3 is 10.2 Å². The summed E-state index contributed by atoms with van der Waals surface area (Å²) in [5.41, 5.74) is 0.446. The van der Waals surface area contributed by atoms with Crippen molar-refractivity contribution in [3.8, 4) is 0 Å². The molecule has 0 spiro atoms. The van der Waals surface area contributed by atoms with E-state index < -0.39 is 16.5 Å². The van der Waals surface area contributed by atoms with E-state index in [4.69, 9.17) is 4.18 Å². The quantitative estimate of drug-likeness (QED) is 0.413. The van der Waals surface area contributed by atoms with E-state index in [0.717, 1.165) is 32.1 Å². The van der Waals surface area contributed by atoms with Crippen molar-refractivity contribution in [1.29, 1.82) is 0 Å². The summed E-state index contributed by atoms with van der Waals surface area (Å²) in [6, 6.07) is 0. The Morgan fingerprint density at radius 3 is 2.21 bits per heavy atom. The second-order valence-corrected chi connectivity index (χ2v) is 14.4. The molecule has 0 radical (unpaired) electrons. The SMILES string of the molecule is CC(C)[C@@H](CC[C@@H](C)[C@H]1CCC2C3C(O)C[C@H]4CC(O)CC[C@]4(C)C3CC[C@@]21C)OS(=O)(=O)O. The predicted molar refractivity (Wildman–Crippen MR) is 132 cm³/mol. The van der Waals surface area contributed by atoms with Crippen LogP contribution in [0.1, 0.15) is 98.8 Å². The van der Waals surface area contributed by atoms with E-state index in [1.807, 2.05) is 13.8 Å². The minimum absolute atomic E-state index is 0.0107. The molecule has 0 aromatic rings. The Morgan fingerprint density at radius 1 is 0.912 bits per heavy atom. The molecule has 0 aromatic heterocycles. The van der Waals surface area contributed by atoms with Gasteiger partial charge >= 0.3 is 10.4 Å². The Hall–Kier alpha value is -0.210. The van der Waals surface area contributed by atoms with Gasteiger partial charge in [0.25, 0.3) is 0 Å². The molecule has 4 aliphatic rings. The number of hydrogen-bond donors (Lipinski definition) is 3. The van der Waals surface area contributed by atoms with Gasteiger partial charge in [-0.05, 0) is 116 Å². The average molecular weight is 501 g/mol. The fraction of sp³-hybridized carbons (Fsp3) is 1.00. The largest absolute Gasteiger partial charge is 0.397 e. The highest BCUT2D eigenvalue weighted by Gasteiger charge is 2.62. The van der Waals surface area contributed by atoms with Gasteiger partial charge in [-0.2, -0.15) is 8.42 Å². The van der Waals surface area contributed by atoms with E-state index in [1.165, 1.54) is 25.7 Å². The van der Waals surface area contributed by atoms with Crippen molar-refractivity contribution in [2.24, 2.45) is 52.3 Å². The van der Waals surface area contributed by atoms with Crippen molar-refractivity contribution in [3.63, 3.8) is 0 Å². The van der Waals surface area contributed by atoms with Gasteiger partial charge in [0.1, 0.15) is 0 Å². The Morgan fingerprint density at radius 2 is 1.56 bits per heavy atom. The molecular weight excluding hydrogens is 452 g/mol. The summed E-state index contributed by atoms with van der Waals surface area (Å²) in [6.07, 6.45) is 8.89. The molecule has 7 heteroatoms. The summed E-state index contributed by atoms with van der Waals surface area (Å²) in [5.74, 6) is 2.89. The number of aliphatic hydroxyl groups excluding tert-OH is 2. The lowest BCUT2D eigenvalue weighted by atomic mass is 9.43. The first-order valence-electron chi connectivity index (χ1n) is 13.8. The number of fused-ring (bicyclic) bond motifs is 5. The molecule has 0 bridgehead atoms. The van der Waals surface area contributed by atoms with E-state index in [9.17, 15) is 23.2 Å². The standard InChI is InChI=1S/C27H48O6S/c1-16(2)24(33-34(30,31)32)9-6-17(3)20-7-8-21-25-22(11-13-27(20,21)5)26(4)12-10-19(28)14-18(26)15-23(25)29/h16-25,28-29H,6-15H2,1-5H3,(H,30,31,32)/t17-,18-,19?,20-,21?,22?,23?,24-,25?,26+,27-/m1/s1. The lowest BCUT2D eigenvalue weighted by molar-refractivity contribution is -0.174. The second-order valence-electron chi connectivity index (χ2n) is 13.3. The van der Waals surface area contributed by atoms with E-state index in [2.05, 4.69) is 20.8 Å². The molecule has 0 aliphatic heterocycles. The first kappa shape index (κ1) is 26.8. The molecule has 6 nitrogen and oxygen atoms in total. The summed E-state index contributed by atoms with van der Waals surface area (Å²) in [7, 11) is -4.45. The molecule has 0 aromatic carbocycles. The van der Waals surface area contributed by atoms with Crippen LogP contribution in [0.3, 0.4) is 0 Å². The zero-order valence-electron chi connectivity index (χ0n) is 21.8. The van der Waals surface area contributed by atoms with Crippen molar-refractivity contribution in [2.75, 3.05) is 0 Å². The van der Waals surface area contributed by atoms with Gasteiger partial charge in [0.2, 0.25) is 0 Å². The highest BCUT2D eigenvalue weighted by Crippen LogP contribution is 2.68. The molecule has 4 fully saturated rings. The van der Waals surface area contributed by atoms with Crippen LogP contribution in [0.5, 0.6) is 0 Å². The van der Waals surface area contributed by atoms with Crippen molar-refractivity contribution in [2.45, 2.75) is 117 Å².